The second-order valence-corrected chi connectivity index (χ2v) is 8.21. The zero-order valence-electron chi connectivity index (χ0n) is 16.5. The Bertz CT molecular complexity index is 1040. The lowest BCUT2D eigenvalue weighted by atomic mass is 10.1. The summed E-state index contributed by atoms with van der Waals surface area (Å²) >= 11 is 0. The summed E-state index contributed by atoms with van der Waals surface area (Å²) in [6.45, 7) is 6.51. The van der Waals surface area contributed by atoms with Gasteiger partial charge in [0.1, 0.15) is 11.6 Å². The van der Waals surface area contributed by atoms with E-state index in [1.165, 1.54) is 19.2 Å². The summed E-state index contributed by atoms with van der Waals surface area (Å²) in [6.07, 6.45) is -1.76. The first-order valence-corrected chi connectivity index (χ1v) is 10.5. The summed E-state index contributed by atoms with van der Waals surface area (Å²) < 4.78 is 70.5. The normalized spacial score (nSPS) is 11.1. The lowest BCUT2D eigenvalue weighted by Gasteiger charge is -2.24. The number of sulfonamides is 1. The summed E-state index contributed by atoms with van der Waals surface area (Å²) in [7, 11) is -2.35. The molecule has 0 heterocycles. The van der Waals surface area contributed by atoms with E-state index in [0.717, 1.165) is 16.6 Å². The van der Waals surface area contributed by atoms with Crippen molar-refractivity contribution in [2.24, 2.45) is 0 Å². The lowest BCUT2D eigenvalue weighted by Crippen LogP contribution is -2.31. The number of hydrogen-bond acceptors (Lipinski definition) is 5. The Kier molecular flexibility index (Phi) is 7.38. The molecular formula is C20H22F3N3O3S. The average molecular weight is 441 g/mol. The van der Waals surface area contributed by atoms with Crippen LogP contribution < -0.4 is 19.9 Å². The van der Waals surface area contributed by atoms with Crippen molar-refractivity contribution in [3.8, 4) is 5.75 Å². The van der Waals surface area contributed by atoms with E-state index in [0.29, 0.717) is 5.75 Å². The van der Waals surface area contributed by atoms with Crippen LogP contribution in [0.3, 0.4) is 0 Å². The van der Waals surface area contributed by atoms with Crippen molar-refractivity contribution in [1.82, 2.24) is 10.9 Å². The van der Waals surface area contributed by atoms with Gasteiger partial charge in [0, 0.05) is 11.1 Å². The van der Waals surface area contributed by atoms with E-state index in [1.54, 1.807) is 24.3 Å². The molecule has 2 rings (SSSR count). The third-order valence-electron chi connectivity index (χ3n) is 4.11. The Morgan fingerprint density at radius 3 is 2.40 bits per heavy atom. The third kappa shape index (κ3) is 5.69. The monoisotopic (exact) mass is 441 g/mol. The first-order chi connectivity index (χ1) is 14.0. The Morgan fingerprint density at radius 2 is 1.83 bits per heavy atom. The minimum atomic E-state index is -3.75. The molecule has 10 heteroatoms. The number of ether oxygens (including phenoxy) is 1. The van der Waals surface area contributed by atoms with Crippen LogP contribution in [0.25, 0.3) is 5.70 Å². The number of hydrogen-bond donors (Lipinski definition) is 2. The van der Waals surface area contributed by atoms with Crippen LogP contribution in [0.4, 0.5) is 18.9 Å². The van der Waals surface area contributed by atoms with Gasteiger partial charge in [-0.1, -0.05) is 37.4 Å². The maximum absolute atomic E-state index is 14.7. The summed E-state index contributed by atoms with van der Waals surface area (Å²) in [5, 5.41) is 0. The van der Waals surface area contributed by atoms with Crippen LogP contribution in [0.5, 0.6) is 5.75 Å². The molecule has 0 saturated heterocycles. The van der Waals surface area contributed by atoms with Gasteiger partial charge in [0.25, 0.3) is 6.43 Å². The van der Waals surface area contributed by atoms with Gasteiger partial charge in [-0.15, -0.1) is 0 Å². The van der Waals surface area contributed by atoms with E-state index in [1.807, 2.05) is 0 Å². The number of benzene rings is 2. The molecule has 0 spiro atoms. The van der Waals surface area contributed by atoms with Crippen LogP contribution in [0, 0.1) is 5.82 Å². The summed E-state index contributed by atoms with van der Waals surface area (Å²) in [4.78, 5) is 0. The summed E-state index contributed by atoms with van der Waals surface area (Å²) in [5.74, 6) is -0.366. The summed E-state index contributed by atoms with van der Waals surface area (Å²) in [5.41, 5.74) is 4.83. The van der Waals surface area contributed by atoms with Crippen molar-refractivity contribution in [3.63, 3.8) is 0 Å². The van der Waals surface area contributed by atoms with Gasteiger partial charge in [-0.2, -0.15) is 0 Å². The van der Waals surface area contributed by atoms with Crippen molar-refractivity contribution in [2.75, 3.05) is 17.7 Å². The molecular weight excluding hydrogens is 419 g/mol. The van der Waals surface area contributed by atoms with E-state index in [-0.39, 0.29) is 29.1 Å². The second-order valence-electron chi connectivity index (χ2n) is 6.30. The highest BCUT2D eigenvalue weighted by molar-refractivity contribution is 7.92. The Labute approximate surface area is 173 Å². The van der Waals surface area contributed by atoms with E-state index in [9.17, 15) is 21.6 Å². The van der Waals surface area contributed by atoms with Crippen molar-refractivity contribution in [1.29, 1.82) is 0 Å². The fourth-order valence-electron chi connectivity index (χ4n) is 2.52. The Morgan fingerprint density at radius 1 is 1.17 bits per heavy atom. The van der Waals surface area contributed by atoms with Gasteiger partial charge >= 0.3 is 0 Å². The molecule has 0 unspecified atom stereocenters. The van der Waals surface area contributed by atoms with Gasteiger partial charge in [-0.3, -0.25) is 9.73 Å². The molecule has 30 heavy (non-hydrogen) atoms. The maximum atomic E-state index is 14.7. The van der Waals surface area contributed by atoms with Gasteiger partial charge in [0.2, 0.25) is 10.0 Å². The fourth-order valence-corrected chi connectivity index (χ4v) is 3.40. The largest absolute Gasteiger partial charge is 0.495 e. The van der Waals surface area contributed by atoms with Gasteiger partial charge in [-0.25, -0.2) is 21.6 Å². The third-order valence-corrected chi connectivity index (χ3v) is 5.23. The van der Waals surface area contributed by atoms with E-state index in [4.69, 9.17) is 4.74 Å². The highest BCUT2D eigenvalue weighted by atomic mass is 32.2. The number of allylic oxidation sites excluding steroid dienone is 1. The number of halogens is 3. The van der Waals surface area contributed by atoms with Gasteiger partial charge < -0.3 is 10.2 Å². The zero-order valence-corrected chi connectivity index (χ0v) is 17.3. The molecule has 0 aliphatic rings. The number of anilines is 1. The van der Waals surface area contributed by atoms with E-state index in [2.05, 4.69) is 24.0 Å². The second kappa shape index (κ2) is 9.57. The number of nitrogens with one attached hydrogen (secondary N) is 2. The molecule has 0 fully saturated rings. The van der Waals surface area contributed by atoms with Crippen molar-refractivity contribution in [3.05, 3.63) is 78.3 Å². The molecule has 0 saturated carbocycles. The molecule has 2 aromatic carbocycles. The fraction of sp³-hybridized carbons (Fsp3) is 0.200. The summed E-state index contributed by atoms with van der Waals surface area (Å²) in [6, 6.07) is 10.5. The standard InChI is InChI=1S/C20H22F3N3O3S/c1-13(24-25-14(2)20(22)23)15-9-10-16(17(21)11-15)12-26(30(4,27)28)18-7-5-6-8-19(18)29-3/h5-11,20,24-25H,1-2,12H2,3-4H3. The molecule has 0 aliphatic heterocycles. The van der Waals surface area contributed by atoms with E-state index < -0.39 is 28.0 Å². The van der Waals surface area contributed by atoms with Crippen LogP contribution in [0.2, 0.25) is 0 Å². The minimum absolute atomic E-state index is 0.104. The molecule has 2 N–H and O–H groups in total. The number of alkyl halides is 2. The highest BCUT2D eigenvalue weighted by Gasteiger charge is 2.22. The molecule has 6 nitrogen and oxygen atoms in total. The number of rotatable bonds is 10. The SMILES string of the molecule is C=C(NNC(=C)C(F)F)c1ccc(CN(c2ccccc2OC)S(C)(=O)=O)c(F)c1. The van der Waals surface area contributed by atoms with Gasteiger partial charge in [0.15, 0.2) is 0 Å². The minimum Gasteiger partial charge on any atom is -0.495 e. The molecule has 0 amide bonds. The molecule has 0 aliphatic carbocycles. The topological polar surface area (TPSA) is 70.7 Å². The van der Waals surface area contributed by atoms with Crippen molar-refractivity contribution >= 4 is 21.4 Å². The van der Waals surface area contributed by atoms with Crippen LogP contribution in [-0.4, -0.2) is 28.2 Å². The quantitative estimate of drug-likeness (QED) is 0.551. The molecule has 2 aromatic rings. The average Bonchev–Trinajstić information content (AvgIpc) is 2.69. The molecule has 0 atom stereocenters. The van der Waals surface area contributed by atoms with Crippen molar-refractivity contribution in [2.45, 2.75) is 13.0 Å². The molecule has 0 radical (unpaired) electrons. The van der Waals surface area contributed by atoms with Crippen LogP contribution in [0.15, 0.2) is 61.3 Å². The molecule has 162 valence electrons. The maximum Gasteiger partial charge on any atom is 0.279 e. The van der Waals surface area contributed by atoms with Crippen LogP contribution >= 0.6 is 0 Å². The van der Waals surface area contributed by atoms with Crippen molar-refractivity contribution < 1.29 is 26.3 Å². The van der Waals surface area contributed by atoms with E-state index >= 15 is 0 Å². The number of hydrazine groups is 1. The number of methoxy groups -OCH3 is 1. The zero-order chi connectivity index (χ0) is 22.5. The predicted octanol–water partition coefficient (Wildman–Crippen LogP) is 3.64. The first kappa shape index (κ1) is 23.1. The van der Waals surface area contributed by atoms with Crippen LogP contribution in [-0.2, 0) is 16.6 Å². The number of nitrogens with zero attached hydrogens (tertiary/aromatic N) is 1. The van der Waals surface area contributed by atoms with Gasteiger partial charge in [-0.05, 0) is 18.2 Å². The van der Waals surface area contributed by atoms with Gasteiger partial charge in [0.05, 0.1) is 37.0 Å². The number of para-hydroxylation sites is 2. The smallest absolute Gasteiger partial charge is 0.279 e. The van der Waals surface area contributed by atoms with Crippen LogP contribution in [0.1, 0.15) is 11.1 Å². The predicted molar refractivity (Wildman–Crippen MR) is 111 cm³/mol. The Hall–Kier alpha value is -3.14. The molecule has 0 bridgehead atoms. The first-order valence-electron chi connectivity index (χ1n) is 8.62. The highest BCUT2D eigenvalue weighted by Crippen LogP contribution is 2.31. The lowest BCUT2D eigenvalue weighted by molar-refractivity contribution is 0.179. The Balaban J connectivity index is 2.26. The molecule has 0 aromatic heterocycles.